The third kappa shape index (κ3) is 18.3. The highest BCUT2D eigenvalue weighted by Crippen LogP contribution is 2.01. The van der Waals surface area contributed by atoms with Gasteiger partial charge in [0.1, 0.15) is 0 Å². The van der Waals surface area contributed by atoms with E-state index < -0.39 is 0 Å². The molecule has 0 heterocycles. The maximum absolute atomic E-state index is 5.06. The Kier molecular flexibility index (Phi) is 21.6. The molecule has 0 saturated carbocycles. The maximum atomic E-state index is 5.06. The maximum Gasteiger partial charge on any atom is -0.00188 e. The Hall–Kier alpha value is -0.120. The molecule has 4 N–H and O–H groups in total. The smallest absolute Gasteiger partial charge is 0.00188 e. The molecule has 0 aromatic carbocycles. The molecule has 0 atom stereocenters. The third-order valence-electron chi connectivity index (χ3n) is 2.89. The van der Waals surface area contributed by atoms with Crippen molar-refractivity contribution in [3.8, 4) is 0 Å². The second-order valence-corrected chi connectivity index (χ2v) is 4.83. The number of unbranched alkanes of at least 4 members (excludes halogenated alkanes) is 3. The molecular weight excluding hydrogens is 222 g/mol. The number of hydrogen-bond acceptors (Lipinski definition) is 3. The number of nitrogens with zero attached hydrogens (tertiary/aromatic N) is 1. The van der Waals surface area contributed by atoms with Crippen LogP contribution >= 0.6 is 0 Å². The predicted octanol–water partition coefficient (Wildman–Crippen LogP) is 2.98. The lowest BCUT2D eigenvalue weighted by molar-refractivity contribution is 0.261. The van der Waals surface area contributed by atoms with Crippen molar-refractivity contribution in [2.24, 2.45) is 11.5 Å². The highest BCUT2D eigenvalue weighted by Gasteiger charge is 2.01. The summed E-state index contributed by atoms with van der Waals surface area (Å²) in [6.45, 7) is 12.2. The number of hydrogen-bond donors (Lipinski definition) is 2. The van der Waals surface area contributed by atoms with Crippen LogP contribution in [-0.2, 0) is 0 Å². The summed E-state index contributed by atoms with van der Waals surface area (Å²) in [5, 5.41) is 0. The van der Waals surface area contributed by atoms with Crippen LogP contribution in [0.15, 0.2) is 0 Å². The van der Waals surface area contributed by atoms with Crippen molar-refractivity contribution in [2.75, 3.05) is 32.7 Å². The van der Waals surface area contributed by atoms with Crippen LogP contribution in [-0.4, -0.2) is 37.6 Å². The standard InChI is InChI=1S/C12H27N.C3H10N2/c1-4-7-10-13(11-8-5-2)12-9-6-3;4-2-1-3-5/h4-12H2,1-3H3;1-5H2. The van der Waals surface area contributed by atoms with Crippen molar-refractivity contribution in [3.05, 3.63) is 0 Å². The minimum atomic E-state index is 0.719. The lowest BCUT2D eigenvalue weighted by Gasteiger charge is -2.21. The SMILES string of the molecule is CCCCN(CCCC)CCCC.NCCCN. The molecular formula is C15H37N3. The molecule has 0 aliphatic heterocycles. The molecule has 0 rings (SSSR count). The molecule has 0 fully saturated rings. The molecule has 0 radical (unpaired) electrons. The van der Waals surface area contributed by atoms with Crippen LogP contribution in [0.2, 0.25) is 0 Å². The molecule has 0 aliphatic rings. The molecule has 0 aliphatic carbocycles. The first-order valence-corrected chi connectivity index (χ1v) is 7.89. The van der Waals surface area contributed by atoms with Crippen LogP contribution < -0.4 is 11.5 Å². The molecule has 0 saturated heterocycles. The summed E-state index contributed by atoms with van der Waals surface area (Å²) < 4.78 is 0. The predicted molar refractivity (Wildman–Crippen MR) is 83.9 cm³/mol. The van der Waals surface area contributed by atoms with E-state index >= 15 is 0 Å². The fourth-order valence-electron chi connectivity index (χ4n) is 1.60. The van der Waals surface area contributed by atoms with Gasteiger partial charge >= 0.3 is 0 Å². The van der Waals surface area contributed by atoms with E-state index in [-0.39, 0.29) is 0 Å². The minimum Gasteiger partial charge on any atom is -0.330 e. The highest BCUT2D eigenvalue weighted by atomic mass is 15.1. The van der Waals surface area contributed by atoms with Gasteiger partial charge in [-0.2, -0.15) is 0 Å². The van der Waals surface area contributed by atoms with E-state index in [2.05, 4.69) is 25.7 Å². The van der Waals surface area contributed by atoms with Gasteiger partial charge in [0.2, 0.25) is 0 Å². The summed E-state index contributed by atoms with van der Waals surface area (Å²) in [4.78, 5) is 2.64. The molecule has 112 valence electrons. The summed E-state index contributed by atoms with van der Waals surface area (Å²) in [5.41, 5.74) is 10.1. The number of rotatable bonds is 11. The fraction of sp³-hybridized carbons (Fsp3) is 1.00. The van der Waals surface area contributed by atoms with E-state index in [0.29, 0.717) is 0 Å². The Morgan fingerprint density at radius 3 is 1.11 bits per heavy atom. The quantitative estimate of drug-likeness (QED) is 0.600. The summed E-state index contributed by atoms with van der Waals surface area (Å²) in [7, 11) is 0. The number of nitrogens with two attached hydrogens (primary N) is 2. The van der Waals surface area contributed by atoms with Crippen molar-refractivity contribution in [1.82, 2.24) is 4.90 Å². The second-order valence-electron chi connectivity index (χ2n) is 4.83. The molecule has 0 aromatic rings. The van der Waals surface area contributed by atoms with E-state index in [1.54, 1.807) is 0 Å². The van der Waals surface area contributed by atoms with E-state index in [1.165, 1.54) is 58.2 Å². The molecule has 0 bridgehead atoms. The molecule has 0 aromatic heterocycles. The highest BCUT2D eigenvalue weighted by molar-refractivity contribution is 4.57. The Morgan fingerprint density at radius 2 is 0.944 bits per heavy atom. The zero-order chi connectivity index (χ0) is 14.1. The largest absolute Gasteiger partial charge is 0.330 e. The fourth-order valence-corrected chi connectivity index (χ4v) is 1.60. The molecule has 3 heteroatoms. The second kappa shape index (κ2) is 19.2. The first-order valence-electron chi connectivity index (χ1n) is 7.89. The zero-order valence-electron chi connectivity index (χ0n) is 13.1. The Bertz CT molecular complexity index is 108. The molecule has 18 heavy (non-hydrogen) atoms. The molecule has 0 spiro atoms. The van der Waals surface area contributed by atoms with Gasteiger partial charge in [-0.05, 0) is 58.4 Å². The normalized spacial score (nSPS) is 10.3. The van der Waals surface area contributed by atoms with E-state index in [1.807, 2.05) is 0 Å². The van der Waals surface area contributed by atoms with Gasteiger partial charge in [-0.3, -0.25) is 0 Å². The first kappa shape index (κ1) is 20.2. The van der Waals surface area contributed by atoms with Crippen LogP contribution in [0, 0.1) is 0 Å². The topological polar surface area (TPSA) is 55.3 Å². The zero-order valence-corrected chi connectivity index (χ0v) is 13.1. The van der Waals surface area contributed by atoms with Crippen molar-refractivity contribution in [2.45, 2.75) is 65.7 Å². The van der Waals surface area contributed by atoms with E-state index in [9.17, 15) is 0 Å². The third-order valence-corrected chi connectivity index (χ3v) is 2.89. The van der Waals surface area contributed by atoms with Crippen molar-refractivity contribution < 1.29 is 0 Å². The van der Waals surface area contributed by atoms with E-state index in [0.717, 1.165) is 19.5 Å². The van der Waals surface area contributed by atoms with Crippen molar-refractivity contribution in [1.29, 1.82) is 0 Å². The summed E-state index contributed by atoms with van der Waals surface area (Å²) in [6, 6.07) is 0. The Balaban J connectivity index is 0. The van der Waals surface area contributed by atoms with Gasteiger partial charge in [-0.25, -0.2) is 0 Å². The van der Waals surface area contributed by atoms with Crippen molar-refractivity contribution in [3.63, 3.8) is 0 Å². The van der Waals surface area contributed by atoms with Crippen LogP contribution in [0.5, 0.6) is 0 Å². The molecule has 0 amide bonds. The van der Waals surface area contributed by atoms with Crippen LogP contribution in [0.3, 0.4) is 0 Å². The van der Waals surface area contributed by atoms with Gasteiger partial charge in [-0.15, -0.1) is 0 Å². The van der Waals surface area contributed by atoms with Gasteiger partial charge < -0.3 is 16.4 Å². The van der Waals surface area contributed by atoms with Crippen LogP contribution in [0.25, 0.3) is 0 Å². The van der Waals surface area contributed by atoms with Gasteiger partial charge in [0.25, 0.3) is 0 Å². The van der Waals surface area contributed by atoms with Gasteiger partial charge in [0.05, 0.1) is 0 Å². The molecule has 0 unspecified atom stereocenters. The lowest BCUT2D eigenvalue weighted by Crippen LogP contribution is -2.27. The Labute approximate surface area is 115 Å². The average molecular weight is 259 g/mol. The summed E-state index contributed by atoms with van der Waals surface area (Å²) in [5.74, 6) is 0. The van der Waals surface area contributed by atoms with Crippen LogP contribution in [0.1, 0.15) is 65.7 Å². The van der Waals surface area contributed by atoms with Gasteiger partial charge in [-0.1, -0.05) is 40.0 Å². The van der Waals surface area contributed by atoms with E-state index in [4.69, 9.17) is 11.5 Å². The monoisotopic (exact) mass is 259 g/mol. The van der Waals surface area contributed by atoms with Crippen LogP contribution in [0.4, 0.5) is 0 Å². The summed E-state index contributed by atoms with van der Waals surface area (Å²) >= 11 is 0. The minimum absolute atomic E-state index is 0.719. The Morgan fingerprint density at radius 1 is 0.611 bits per heavy atom. The first-order chi connectivity index (χ1) is 8.76. The van der Waals surface area contributed by atoms with Gasteiger partial charge in [0, 0.05) is 0 Å². The molecule has 3 nitrogen and oxygen atoms in total. The average Bonchev–Trinajstić information content (AvgIpc) is 2.39. The van der Waals surface area contributed by atoms with Gasteiger partial charge in [0.15, 0.2) is 0 Å². The van der Waals surface area contributed by atoms with Crippen molar-refractivity contribution >= 4 is 0 Å². The lowest BCUT2D eigenvalue weighted by atomic mass is 10.2. The summed E-state index contributed by atoms with van der Waals surface area (Å²) in [6.07, 6.45) is 9.03.